The van der Waals surface area contributed by atoms with Crippen molar-refractivity contribution in [1.29, 1.82) is 0 Å². The number of nitrogens with zero attached hydrogens (tertiary/aromatic N) is 1. The number of nitrogens with one attached hydrogen (secondary N) is 1. The summed E-state index contributed by atoms with van der Waals surface area (Å²) in [5, 5.41) is 3.52. The van der Waals surface area contributed by atoms with Gasteiger partial charge in [-0.25, -0.2) is 0 Å². The molecule has 2 nitrogen and oxygen atoms in total. The van der Waals surface area contributed by atoms with Gasteiger partial charge in [-0.3, -0.25) is 0 Å². The molecule has 0 aromatic heterocycles. The lowest BCUT2D eigenvalue weighted by molar-refractivity contribution is 0.206. The average molecular weight is 200 g/mol. The lowest BCUT2D eigenvalue weighted by Gasteiger charge is -2.28. The second-order valence-electron chi connectivity index (χ2n) is 4.73. The second kappa shape index (κ2) is 7.24. The zero-order valence-corrected chi connectivity index (χ0v) is 10.8. The lowest BCUT2D eigenvalue weighted by Crippen LogP contribution is -2.39. The number of likely N-dealkylation sites (N-methyl/N-ethyl adjacent to an activating group) is 1. The summed E-state index contributed by atoms with van der Waals surface area (Å²) in [5.74, 6) is 0.739. The minimum atomic E-state index is 0.651. The van der Waals surface area contributed by atoms with Crippen molar-refractivity contribution in [3.63, 3.8) is 0 Å². The summed E-state index contributed by atoms with van der Waals surface area (Å²) < 4.78 is 0. The zero-order valence-electron chi connectivity index (χ0n) is 10.8. The predicted octanol–water partition coefficient (Wildman–Crippen LogP) is 2.35. The third kappa shape index (κ3) is 5.61. The normalized spacial score (nSPS) is 16.3. The van der Waals surface area contributed by atoms with Crippen LogP contribution in [0, 0.1) is 5.92 Å². The first-order valence-corrected chi connectivity index (χ1v) is 5.92. The first-order chi connectivity index (χ1) is 6.49. The first-order valence-electron chi connectivity index (χ1n) is 5.92. The molecule has 0 radical (unpaired) electrons. The van der Waals surface area contributed by atoms with Gasteiger partial charge >= 0.3 is 0 Å². The largest absolute Gasteiger partial charge is 0.313 e. The molecule has 0 spiro atoms. The monoisotopic (exact) mass is 200 g/mol. The molecule has 1 N–H and O–H groups in total. The Balaban J connectivity index is 3.58. The average Bonchev–Trinajstić information content (AvgIpc) is 2.15. The third-order valence-corrected chi connectivity index (χ3v) is 3.23. The van der Waals surface area contributed by atoms with E-state index in [0.29, 0.717) is 12.1 Å². The molecule has 0 aliphatic heterocycles. The van der Waals surface area contributed by atoms with Gasteiger partial charge in [-0.15, -0.1) is 0 Å². The van der Waals surface area contributed by atoms with E-state index in [4.69, 9.17) is 0 Å². The molecule has 14 heavy (non-hydrogen) atoms. The fourth-order valence-corrected chi connectivity index (χ4v) is 1.34. The fourth-order valence-electron chi connectivity index (χ4n) is 1.34. The van der Waals surface area contributed by atoms with Crippen LogP contribution in [0.1, 0.15) is 41.0 Å². The van der Waals surface area contributed by atoms with E-state index in [0.717, 1.165) is 19.0 Å². The smallest absolute Gasteiger partial charge is 0.0107 e. The molecule has 0 saturated heterocycles. The molecular formula is C12H28N2. The predicted molar refractivity (Wildman–Crippen MR) is 64.7 cm³/mol. The summed E-state index contributed by atoms with van der Waals surface area (Å²) in [6.45, 7) is 13.6. The van der Waals surface area contributed by atoms with Gasteiger partial charge in [0.1, 0.15) is 0 Å². The summed E-state index contributed by atoms with van der Waals surface area (Å²) in [6, 6.07) is 1.33. The van der Waals surface area contributed by atoms with Gasteiger partial charge in [0.2, 0.25) is 0 Å². The van der Waals surface area contributed by atoms with E-state index in [1.54, 1.807) is 0 Å². The maximum atomic E-state index is 3.52. The van der Waals surface area contributed by atoms with Crippen LogP contribution in [0.3, 0.4) is 0 Å². The van der Waals surface area contributed by atoms with E-state index in [2.05, 4.69) is 51.9 Å². The van der Waals surface area contributed by atoms with Crippen LogP contribution in [0.15, 0.2) is 0 Å². The number of hydrogen-bond donors (Lipinski definition) is 1. The van der Waals surface area contributed by atoms with Crippen molar-refractivity contribution in [3.8, 4) is 0 Å². The highest BCUT2D eigenvalue weighted by molar-refractivity contribution is 4.68. The maximum Gasteiger partial charge on any atom is 0.0107 e. The highest BCUT2D eigenvalue weighted by Gasteiger charge is 2.12. The maximum absolute atomic E-state index is 3.52. The molecule has 0 bridgehead atoms. The first kappa shape index (κ1) is 13.9. The van der Waals surface area contributed by atoms with Crippen molar-refractivity contribution in [2.24, 2.45) is 5.92 Å². The van der Waals surface area contributed by atoms with E-state index in [1.165, 1.54) is 6.42 Å². The van der Waals surface area contributed by atoms with Gasteiger partial charge in [-0.1, -0.05) is 20.8 Å². The fraction of sp³-hybridized carbons (Fsp3) is 1.00. The van der Waals surface area contributed by atoms with Crippen molar-refractivity contribution >= 4 is 0 Å². The van der Waals surface area contributed by atoms with E-state index >= 15 is 0 Å². The van der Waals surface area contributed by atoms with Crippen molar-refractivity contribution in [3.05, 3.63) is 0 Å². The van der Waals surface area contributed by atoms with Crippen molar-refractivity contribution in [2.45, 2.75) is 53.1 Å². The van der Waals surface area contributed by atoms with Gasteiger partial charge in [0.05, 0.1) is 0 Å². The third-order valence-electron chi connectivity index (χ3n) is 3.23. The topological polar surface area (TPSA) is 15.3 Å². The molecule has 0 aromatic rings. The molecule has 0 rings (SSSR count). The number of rotatable bonds is 7. The Labute approximate surface area is 90.1 Å². The van der Waals surface area contributed by atoms with Crippen LogP contribution in [0.4, 0.5) is 0 Å². The molecule has 2 unspecified atom stereocenters. The summed E-state index contributed by atoms with van der Waals surface area (Å²) >= 11 is 0. The van der Waals surface area contributed by atoms with Crippen LogP contribution < -0.4 is 5.32 Å². The summed E-state index contributed by atoms with van der Waals surface area (Å²) in [6.07, 6.45) is 1.21. The second-order valence-corrected chi connectivity index (χ2v) is 4.73. The molecule has 2 heteroatoms. The van der Waals surface area contributed by atoms with Crippen molar-refractivity contribution in [1.82, 2.24) is 10.2 Å². The molecule has 86 valence electrons. The quantitative estimate of drug-likeness (QED) is 0.678. The minimum Gasteiger partial charge on any atom is -0.313 e. The van der Waals surface area contributed by atoms with Crippen LogP contribution in [0.2, 0.25) is 0 Å². The van der Waals surface area contributed by atoms with E-state index < -0.39 is 0 Å². The van der Waals surface area contributed by atoms with Gasteiger partial charge in [-0.2, -0.15) is 0 Å². The van der Waals surface area contributed by atoms with Crippen molar-refractivity contribution < 1.29 is 0 Å². The molecule has 0 aliphatic carbocycles. The van der Waals surface area contributed by atoms with Gasteiger partial charge in [0, 0.05) is 25.2 Å². The van der Waals surface area contributed by atoms with Crippen LogP contribution in [-0.2, 0) is 0 Å². The van der Waals surface area contributed by atoms with Crippen molar-refractivity contribution in [2.75, 3.05) is 20.1 Å². The Morgan fingerprint density at radius 2 is 1.71 bits per heavy atom. The highest BCUT2D eigenvalue weighted by Crippen LogP contribution is 2.06. The molecule has 0 amide bonds. The molecular weight excluding hydrogens is 172 g/mol. The van der Waals surface area contributed by atoms with Crippen LogP contribution in [-0.4, -0.2) is 37.1 Å². The Kier molecular flexibility index (Phi) is 7.20. The van der Waals surface area contributed by atoms with E-state index in [-0.39, 0.29) is 0 Å². The van der Waals surface area contributed by atoms with Gasteiger partial charge in [0.25, 0.3) is 0 Å². The van der Waals surface area contributed by atoms with E-state index in [1.807, 2.05) is 0 Å². The summed E-state index contributed by atoms with van der Waals surface area (Å²) in [4.78, 5) is 2.43. The molecule has 0 saturated carbocycles. The zero-order chi connectivity index (χ0) is 11.1. The molecule has 2 atom stereocenters. The van der Waals surface area contributed by atoms with Crippen LogP contribution >= 0.6 is 0 Å². The summed E-state index contributed by atoms with van der Waals surface area (Å²) in [7, 11) is 2.21. The Hall–Kier alpha value is -0.0800. The summed E-state index contributed by atoms with van der Waals surface area (Å²) in [5.41, 5.74) is 0. The van der Waals surface area contributed by atoms with Gasteiger partial charge < -0.3 is 10.2 Å². The highest BCUT2D eigenvalue weighted by atomic mass is 15.1. The molecule has 0 fully saturated rings. The molecule has 0 heterocycles. The van der Waals surface area contributed by atoms with Crippen LogP contribution in [0.5, 0.6) is 0 Å². The van der Waals surface area contributed by atoms with Gasteiger partial charge in [0.15, 0.2) is 0 Å². The van der Waals surface area contributed by atoms with Crippen LogP contribution in [0.25, 0.3) is 0 Å². The molecule has 0 aliphatic rings. The Morgan fingerprint density at radius 3 is 2.14 bits per heavy atom. The van der Waals surface area contributed by atoms with E-state index in [9.17, 15) is 0 Å². The number of hydrogen-bond acceptors (Lipinski definition) is 2. The lowest BCUT2D eigenvalue weighted by atomic mass is 10.1. The SMILES string of the molecule is CCC(C)NCCN(C)C(C)C(C)C. The Morgan fingerprint density at radius 1 is 1.14 bits per heavy atom. The van der Waals surface area contributed by atoms with Gasteiger partial charge in [-0.05, 0) is 33.2 Å². The minimum absolute atomic E-state index is 0.651. The standard InChI is InChI=1S/C12H28N2/c1-7-11(4)13-8-9-14(6)12(5)10(2)3/h10-13H,7-9H2,1-6H3. The Bertz CT molecular complexity index is 134. The molecule has 0 aromatic carbocycles.